The van der Waals surface area contributed by atoms with Crippen molar-refractivity contribution in [1.29, 1.82) is 0 Å². The van der Waals surface area contributed by atoms with Gasteiger partial charge in [0.15, 0.2) is 0 Å². The Morgan fingerprint density at radius 1 is 0.870 bits per heavy atom. The average Bonchev–Trinajstić information content (AvgIpc) is 3.59. The van der Waals surface area contributed by atoms with E-state index in [4.69, 9.17) is 16.3 Å². The number of rotatable bonds is 13. The third kappa shape index (κ3) is 8.27. The van der Waals surface area contributed by atoms with Crippen LogP contribution in [-0.4, -0.2) is 50.9 Å². The molecule has 0 aromatic heterocycles. The Hall–Kier alpha value is -4.34. The van der Waals surface area contributed by atoms with Gasteiger partial charge in [0.2, 0.25) is 11.8 Å². The Morgan fingerprint density at radius 2 is 1.52 bits per heavy atom. The van der Waals surface area contributed by atoms with E-state index in [0.717, 1.165) is 35.6 Å². The maximum Gasteiger partial charge on any atom is 0.264 e. The van der Waals surface area contributed by atoms with E-state index < -0.39 is 28.5 Å². The van der Waals surface area contributed by atoms with Gasteiger partial charge in [-0.15, -0.1) is 0 Å². The molecule has 1 aliphatic carbocycles. The van der Waals surface area contributed by atoms with Gasteiger partial charge in [-0.05, 0) is 60.4 Å². The smallest absolute Gasteiger partial charge is 0.264 e. The van der Waals surface area contributed by atoms with Crippen molar-refractivity contribution < 1.29 is 22.7 Å². The molecular formula is C36H38ClN3O5S. The molecule has 1 atom stereocenters. The lowest BCUT2D eigenvalue weighted by Crippen LogP contribution is -2.54. The number of ether oxygens (including phenoxy) is 1. The van der Waals surface area contributed by atoms with Crippen molar-refractivity contribution in [3.05, 3.63) is 125 Å². The molecule has 8 nitrogen and oxygen atoms in total. The molecule has 4 aromatic rings. The average molecular weight is 660 g/mol. The highest BCUT2D eigenvalue weighted by Crippen LogP contribution is 2.28. The highest BCUT2D eigenvalue weighted by Gasteiger charge is 2.35. The van der Waals surface area contributed by atoms with Crippen molar-refractivity contribution in [1.82, 2.24) is 10.2 Å². The number of anilines is 1. The van der Waals surface area contributed by atoms with Crippen molar-refractivity contribution in [2.45, 2.75) is 55.6 Å². The molecule has 1 aliphatic rings. The highest BCUT2D eigenvalue weighted by atomic mass is 35.5. The Morgan fingerprint density at radius 3 is 2.20 bits per heavy atom. The van der Waals surface area contributed by atoms with Gasteiger partial charge in [0.25, 0.3) is 10.0 Å². The number of hydrogen-bond acceptors (Lipinski definition) is 5. The topological polar surface area (TPSA) is 96.0 Å². The van der Waals surface area contributed by atoms with E-state index in [-0.39, 0.29) is 35.5 Å². The van der Waals surface area contributed by atoms with Gasteiger partial charge in [-0.1, -0.05) is 91.2 Å². The number of nitrogens with one attached hydrogen (secondary N) is 1. The van der Waals surface area contributed by atoms with E-state index >= 15 is 0 Å². The SMILES string of the molecule is COc1cccc(N(CC(=O)N(Cc2cccc(Cl)c2)[C@H](Cc2ccccc2)C(=O)NC2CCCC2)S(=O)(=O)c2ccccc2)c1. The zero-order valence-electron chi connectivity index (χ0n) is 25.7. The summed E-state index contributed by atoms with van der Waals surface area (Å²) in [5.41, 5.74) is 1.85. The van der Waals surface area contributed by atoms with Crippen molar-refractivity contribution in [3.63, 3.8) is 0 Å². The minimum absolute atomic E-state index is 0.0284. The Bertz CT molecular complexity index is 1730. The van der Waals surface area contributed by atoms with Gasteiger partial charge in [-0.2, -0.15) is 0 Å². The van der Waals surface area contributed by atoms with E-state index in [1.54, 1.807) is 60.7 Å². The second-order valence-electron chi connectivity index (χ2n) is 11.4. The fourth-order valence-electron chi connectivity index (χ4n) is 5.77. The van der Waals surface area contributed by atoms with E-state index in [2.05, 4.69) is 5.32 Å². The molecule has 1 N–H and O–H groups in total. The Balaban J connectivity index is 1.57. The van der Waals surface area contributed by atoms with Gasteiger partial charge in [-0.3, -0.25) is 13.9 Å². The summed E-state index contributed by atoms with van der Waals surface area (Å²) in [5, 5.41) is 3.67. The quantitative estimate of drug-likeness (QED) is 0.183. The molecule has 0 saturated heterocycles. The summed E-state index contributed by atoms with van der Waals surface area (Å²) in [7, 11) is -2.71. The molecule has 4 aromatic carbocycles. The number of carbonyl (C=O) groups excluding carboxylic acids is 2. The van der Waals surface area contributed by atoms with Crippen LogP contribution in [0.15, 0.2) is 114 Å². The van der Waals surface area contributed by atoms with Gasteiger partial charge in [0, 0.05) is 30.1 Å². The van der Waals surface area contributed by atoms with Crippen LogP contribution in [0.4, 0.5) is 5.69 Å². The van der Waals surface area contributed by atoms with Gasteiger partial charge < -0.3 is 15.0 Å². The van der Waals surface area contributed by atoms with Crippen molar-refractivity contribution in [2.24, 2.45) is 0 Å². The summed E-state index contributed by atoms with van der Waals surface area (Å²) < 4.78 is 34.7. The lowest BCUT2D eigenvalue weighted by Gasteiger charge is -2.34. The molecule has 10 heteroatoms. The predicted molar refractivity (Wildman–Crippen MR) is 180 cm³/mol. The fraction of sp³-hybridized carbons (Fsp3) is 0.278. The molecule has 0 aliphatic heterocycles. The van der Waals surface area contributed by atoms with Gasteiger partial charge >= 0.3 is 0 Å². The maximum atomic E-state index is 14.6. The number of amides is 2. The third-order valence-corrected chi connectivity index (χ3v) is 10.2. The van der Waals surface area contributed by atoms with Crippen LogP contribution in [0.2, 0.25) is 5.02 Å². The number of carbonyl (C=O) groups is 2. The molecule has 0 unspecified atom stereocenters. The fourth-order valence-corrected chi connectivity index (χ4v) is 7.41. The zero-order chi connectivity index (χ0) is 32.5. The minimum atomic E-state index is -4.20. The number of benzene rings is 4. The maximum absolute atomic E-state index is 14.6. The molecular weight excluding hydrogens is 622 g/mol. The van der Waals surface area contributed by atoms with Crippen LogP contribution < -0.4 is 14.4 Å². The molecule has 0 bridgehead atoms. The summed E-state index contributed by atoms with van der Waals surface area (Å²) in [6, 6.07) is 30.3. The van der Waals surface area contributed by atoms with Crippen molar-refractivity contribution in [3.8, 4) is 5.75 Å². The number of nitrogens with zero attached hydrogens (tertiary/aromatic N) is 2. The third-order valence-electron chi connectivity index (χ3n) is 8.17. The van der Waals surface area contributed by atoms with Gasteiger partial charge in [-0.25, -0.2) is 8.42 Å². The summed E-state index contributed by atoms with van der Waals surface area (Å²) in [6.07, 6.45) is 4.07. The van der Waals surface area contributed by atoms with Crippen molar-refractivity contribution in [2.75, 3.05) is 18.0 Å². The van der Waals surface area contributed by atoms with Crippen molar-refractivity contribution >= 4 is 39.1 Å². The minimum Gasteiger partial charge on any atom is -0.497 e. The number of sulfonamides is 1. The zero-order valence-corrected chi connectivity index (χ0v) is 27.3. The van der Waals surface area contributed by atoms with E-state index in [1.165, 1.54) is 24.1 Å². The standard InChI is InChI=1S/C36H38ClN3O5S/c1-45-32-19-11-18-31(24-32)40(46(43,44)33-20-6-3-7-21-33)26-35(41)39(25-28-14-10-15-29(37)22-28)34(23-27-12-4-2-5-13-27)36(42)38-30-16-8-9-17-30/h2-7,10-15,18-22,24,30,34H,8-9,16-17,23,25-26H2,1H3,(H,38,42)/t34-/m1/s1. The number of halogens is 1. The molecule has 1 saturated carbocycles. The normalized spacial score (nSPS) is 14.0. The van der Waals surface area contributed by atoms with Gasteiger partial charge in [0.05, 0.1) is 17.7 Å². The van der Waals surface area contributed by atoms with Crippen LogP contribution in [-0.2, 0) is 32.6 Å². The molecule has 240 valence electrons. The first kappa shape index (κ1) is 33.0. The van der Waals surface area contributed by atoms with E-state index in [1.807, 2.05) is 36.4 Å². The Kier molecular flexibility index (Phi) is 11.0. The van der Waals surface area contributed by atoms with Crippen LogP contribution in [0.25, 0.3) is 0 Å². The van der Waals surface area contributed by atoms with E-state index in [0.29, 0.717) is 16.3 Å². The first-order valence-electron chi connectivity index (χ1n) is 15.3. The monoisotopic (exact) mass is 659 g/mol. The number of hydrogen-bond donors (Lipinski definition) is 1. The molecule has 0 heterocycles. The van der Waals surface area contributed by atoms with Crippen LogP contribution in [0.3, 0.4) is 0 Å². The van der Waals surface area contributed by atoms with Gasteiger partial charge in [0.1, 0.15) is 18.3 Å². The second kappa shape index (κ2) is 15.3. The molecule has 5 rings (SSSR count). The second-order valence-corrected chi connectivity index (χ2v) is 13.7. The van der Waals surface area contributed by atoms with E-state index in [9.17, 15) is 18.0 Å². The molecule has 46 heavy (non-hydrogen) atoms. The summed E-state index contributed by atoms with van der Waals surface area (Å²) >= 11 is 6.33. The van der Waals surface area contributed by atoms with Crippen LogP contribution in [0.5, 0.6) is 5.75 Å². The van der Waals surface area contributed by atoms with Crippen LogP contribution in [0.1, 0.15) is 36.8 Å². The summed E-state index contributed by atoms with van der Waals surface area (Å²) in [6.45, 7) is -0.501. The highest BCUT2D eigenvalue weighted by molar-refractivity contribution is 7.92. The molecule has 1 fully saturated rings. The lowest BCUT2D eigenvalue weighted by molar-refractivity contribution is -0.140. The number of methoxy groups -OCH3 is 1. The first-order chi connectivity index (χ1) is 22.2. The Labute approximate surface area is 276 Å². The predicted octanol–water partition coefficient (Wildman–Crippen LogP) is 6.24. The largest absolute Gasteiger partial charge is 0.497 e. The van der Waals surface area contributed by atoms with Crippen LogP contribution >= 0.6 is 11.6 Å². The molecule has 2 amide bonds. The molecule has 0 radical (unpaired) electrons. The summed E-state index contributed by atoms with van der Waals surface area (Å²) in [5.74, 6) is -0.373. The first-order valence-corrected chi connectivity index (χ1v) is 17.2. The van der Waals surface area contributed by atoms with Crippen LogP contribution in [0, 0.1) is 0 Å². The molecule has 0 spiro atoms. The lowest BCUT2D eigenvalue weighted by atomic mass is 10.0. The summed E-state index contributed by atoms with van der Waals surface area (Å²) in [4.78, 5) is 30.2.